The number of benzene rings is 2. The molecule has 0 saturated heterocycles. The molecule has 0 spiro atoms. The minimum absolute atomic E-state index is 0.0493. The molecular weight excluding hydrogens is 364 g/mol. The van der Waals surface area contributed by atoms with Crippen molar-refractivity contribution in [3.63, 3.8) is 0 Å². The number of sulfonamides is 1. The van der Waals surface area contributed by atoms with Crippen LogP contribution in [0, 0.1) is 6.92 Å². The minimum atomic E-state index is -3.54. The maximum absolute atomic E-state index is 12.8. The van der Waals surface area contributed by atoms with Crippen molar-refractivity contribution in [3.05, 3.63) is 59.7 Å². The minimum Gasteiger partial charge on any atom is -0.476 e. The van der Waals surface area contributed by atoms with Gasteiger partial charge in [0.15, 0.2) is 6.10 Å². The quantitative estimate of drug-likeness (QED) is 0.855. The molecule has 27 heavy (non-hydrogen) atoms. The lowest BCUT2D eigenvalue weighted by Gasteiger charge is -2.34. The number of nitrogens with one attached hydrogen (secondary N) is 1. The van der Waals surface area contributed by atoms with E-state index in [9.17, 15) is 13.2 Å². The van der Waals surface area contributed by atoms with Gasteiger partial charge in [-0.15, -0.1) is 0 Å². The third kappa shape index (κ3) is 4.24. The molecule has 3 rings (SSSR count). The predicted octanol–water partition coefficient (Wildman–Crippen LogP) is 2.79. The highest BCUT2D eigenvalue weighted by Crippen LogP contribution is 2.36. The first kappa shape index (κ1) is 19.2. The van der Waals surface area contributed by atoms with Crippen LogP contribution in [0.3, 0.4) is 0 Å². The summed E-state index contributed by atoms with van der Waals surface area (Å²) in [7, 11) is -3.54. The summed E-state index contributed by atoms with van der Waals surface area (Å²) in [4.78, 5) is 12.8. The van der Waals surface area contributed by atoms with Crippen molar-refractivity contribution in [2.24, 2.45) is 0 Å². The summed E-state index contributed by atoms with van der Waals surface area (Å²) in [6.07, 6.45) is 0.944. The molecule has 1 aliphatic heterocycles. The van der Waals surface area contributed by atoms with Crippen LogP contribution in [0.4, 0.5) is 5.69 Å². The van der Waals surface area contributed by atoms with E-state index in [4.69, 9.17) is 4.74 Å². The summed E-state index contributed by atoms with van der Waals surface area (Å²) in [5, 5.41) is 2.98. The maximum Gasteiger partial charge on any atom is 0.263 e. The molecule has 144 valence electrons. The van der Waals surface area contributed by atoms with E-state index < -0.39 is 16.1 Å². The highest BCUT2D eigenvalue weighted by atomic mass is 32.2. The van der Waals surface area contributed by atoms with Crippen LogP contribution in [-0.4, -0.2) is 33.2 Å². The average molecular weight is 388 g/mol. The molecular formula is C20H24N2O4S. The van der Waals surface area contributed by atoms with Gasteiger partial charge in [0, 0.05) is 0 Å². The maximum atomic E-state index is 12.8. The molecule has 1 N–H and O–H groups in total. The zero-order valence-electron chi connectivity index (χ0n) is 15.7. The molecule has 2 aromatic rings. The molecule has 2 unspecified atom stereocenters. The molecule has 1 heterocycles. The monoisotopic (exact) mass is 388 g/mol. The molecule has 6 nitrogen and oxygen atoms in total. The molecule has 0 aromatic heterocycles. The largest absolute Gasteiger partial charge is 0.476 e. The number of anilines is 1. The number of aryl methyl sites for hydroxylation is 1. The summed E-state index contributed by atoms with van der Waals surface area (Å²) >= 11 is 0. The van der Waals surface area contributed by atoms with Crippen LogP contribution in [0.15, 0.2) is 48.5 Å². The van der Waals surface area contributed by atoms with Crippen LogP contribution in [-0.2, 0) is 14.8 Å². The number of hydrogen-bond donors (Lipinski definition) is 1. The average Bonchev–Trinajstić information content (AvgIpc) is 2.64. The number of carbonyl (C=O) groups is 1. The fourth-order valence-electron chi connectivity index (χ4n) is 3.18. The molecule has 0 fully saturated rings. The van der Waals surface area contributed by atoms with Gasteiger partial charge in [0.05, 0.1) is 24.5 Å². The first-order valence-corrected chi connectivity index (χ1v) is 10.7. The second-order valence-electron chi connectivity index (χ2n) is 6.75. The van der Waals surface area contributed by atoms with Gasteiger partial charge >= 0.3 is 0 Å². The van der Waals surface area contributed by atoms with Gasteiger partial charge in [0.1, 0.15) is 5.75 Å². The van der Waals surface area contributed by atoms with E-state index in [1.165, 1.54) is 4.31 Å². The predicted molar refractivity (Wildman–Crippen MR) is 105 cm³/mol. The van der Waals surface area contributed by atoms with E-state index in [2.05, 4.69) is 5.32 Å². The summed E-state index contributed by atoms with van der Waals surface area (Å²) in [5.74, 6) is 0.0655. The molecule has 0 radical (unpaired) electrons. The third-order valence-corrected chi connectivity index (χ3v) is 5.75. The Hall–Kier alpha value is -2.54. The van der Waals surface area contributed by atoms with Crippen LogP contribution in [0.1, 0.15) is 30.5 Å². The van der Waals surface area contributed by atoms with Crippen molar-refractivity contribution in [1.29, 1.82) is 0 Å². The number of ether oxygens (including phenoxy) is 1. The lowest BCUT2D eigenvalue weighted by Crippen LogP contribution is -2.51. The van der Waals surface area contributed by atoms with Crippen LogP contribution in [0.25, 0.3) is 0 Å². The SMILES string of the molecule is CCC(NC(=O)C1CN(S(C)(=O)=O)c2cc(C)ccc2O1)c1ccccc1. The van der Waals surface area contributed by atoms with Crippen LogP contribution >= 0.6 is 0 Å². The van der Waals surface area contributed by atoms with Crippen LogP contribution in [0.2, 0.25) is 0 Å². The highest BCUT2D eigenvalue weighted by molar-refractivity contribution is 7.92. The van der Waals surface area contributed by atoms with Crippen molar-refractivity contribution in [1.82, 2.24) is 5.32 Å². The highest BCUT2D eigenvalue weighted by Gasteiger charge is 2.35. The van der Waals surface area contributed by atoms with Crippen molar-refractivity contribution in [3.8, 4) is 5.75 Å². The number of hydrogen-bond acceptors (Lipinski definition) is 4. The van der Waals surface area contributed by atoms with Gasteiger partial charge < -0.3 is 10.1 Å². The Kier molecular flexibility index (Phi) is 5.41. The van der Waals surface area contributed by atoms with Crippen LogP contribution < -0.4 is 14.4 Å². The van der Waals surface area contributed by atoms with E-state index in [1.54, 1.807) is 12.1 Å². The van der Waals surface area contributed by atoms with E-state index in [-0.39, 0.29) is 18.5 Å². The molecule has 2 atom stereocenters. The van der Waals surface area contributed by atoms with Gasteiger partial charge in [-0.1, -0.05) is 43.3 Å². The normalized spacial score (nSPS) is 17.6. The fraction of sp³-hybridized carbons (Fsp3) is 0.350. The van der Waals surface area contributed by atoms with Crippen molar-refractivity contribution < 1.29 is 17.9 Å². The molecule has 0 bridgehead atoms. The van der Waals surface area contributed by atoms with E-state index in [0.29, 0.717) is 17.9 Å². The standard InChI is InChI=1S/C20H24N2O4S/c1-4-16(15-8-6-5-7-9-15)21-20(23)19-13-22(27(3,24)25)17-12-14(2)10-11-18(17)26-19/h5-12,16,19H,4,13H2,1-3H3,(H,21,23). The van der Waals surface area contributed by atoms with Crippen molar-refractivity contribution in [2.45, 2.75) is 32.4 Å². The number of fused-ring (bicyclic) bond motifs is 1. The summed E-state index contributed by atoms with van der Waals surface area (Å²) < 4.78 is 31.6. The lowest BCUT2D eigenvalue weighted by atomic mass is 10.0. The number of carbonyl (C=O) groups excluding carboxylic acids is 1. The second kappa shape index (κ2) is 7.60. The van der Waals surface area contributed by atoms with Gasteiger partial charge in [-0.2, -0.15) is 0 Å². The molecule has 2 aromatic carbocycles. The Morgan fingerprint density at radius 3 is 2.59 bits per heavy atom. The van der Waals surface area contributed by atoms with E-state index in [1.807, 2.05) is 50.2 Å². The van der Waals surface area contributed by atoms with E-state index >= 15 is 0 Å². The van der Waals surface area contributed by atoms with Gasteiger partial charge in [0.2, 0.25) is 10.0 Å². The molecule has 0 aliphatic carbocycles. The van der Waals surface area contributed by atoms with Gasteiger partial charge in [0.25, 0.3) is 5.91 Å². The van der Waals surface area contributed by atoms with Gasteiger partial charge in [-0.05, 0) is 36.6 Å². The summed E-state index contributed by atoms with van der Waals surface area (Å²) in [6.45, 7) is 3.82. The van der Waals surface area contributed by atoms with Crippen LogP contribution in [0.5, 0.6) is 5.75 Å². The Morgan fingerprint density at radius 2 is 1.96 bits per heavy atom. The Balaban J connectivity index is 1.85. The van der Waals surface area contributed by atoms with Gasteiger partial charge in [-0.3, -0.25) is 9.10 Å². The Bertz CT molecular complexity index is 928. The molecule has 7 heteroatoms. The molecule has 1 amide bonds. The second-order valence-corrected chi connectivity index (χ2v) is 8.66. The topological polar surface area (TPSA) is 75.7 Å². The first-order valence-electron chi connectivity index (χ1n) is 8.90. The Labute approximate surface area is 160 Å². The summed E-state index contributed by atoms with van der Waals surface area (Å²) in [6, 6.07) is 14.8. The molecule has 0 saturated carbocycles. The summed E-state index contributed by atoms with van der Waals surface area (Å²) in [5.41, 5.74) is 2.39. The number of rotatable bonds is 5. The number of nitrogens with zero attached hydrogens (tertiary/aromatic N) is 1. The van der Waals surface area contributed by atoms with E-state index in [0.717, 1.165) is 17.4 Å². The van der Waals surface area contributed by atoms with Gasteiger partial charge in [-0.25, -0.2) is 8.42 Å². The first-order chi connectivity index (χ1) is 12.8. The number of amides is 1. The lowest BCUT2D eigenvalue weighted by molar-refractivity contribution is -0.128. The molecule has 1 aliphatic rings. The third-order valence-electron chi connectivity index (χ3n) is 4.60. The smallest absolute Gasteiger partial charge is 0.263 e. The zero-order valence-corrected chi connectivity index (χ0v) is 16.5. The Morgan fingerprint density at radius 1 is 1.26 bits per heavy atom. The van der Waals surface area contributed by atoms with Crippen molar-refractivity contribution in [2.75, 3.05) is 17.1 Å². The zero-order chi connectivity index (χ0) is 19.6. The fourth-order valence-corrected chi connectivity index (χ4v) is 4.09. The van der Waals surface area contributed by atoms with Crippen molar-refractivity contribution >= 4 is 21.6 Å².